The first-order valence-electron chi connectivity index (χ1n) is 5.79. The van der Waals surface area contributed by atoms with E-state index in [0.717, 1.165) is 12.0 Å². The summed E-state index contributed by atoms with van der Waals surface area (Å²) in [5.41, 5.74) is 5.79. The van der Waals surface area contributed by atoms with E-state index in [2.05, 4.69) is 0 Å². The maximum atomic E-state index is 12.9. The first-order valence-corrected chi connectivity index (χ1v) is 5.79. The molecular formula is C13H16FNO2. The van der Waals surface area contributed by atoms with E-state index >= 15 is 0 Å². The molecule has 2 rings (SSSR count). The van der Waals surface area contributed by atoms with Gasteiger partial charge in [-0.25, -0.2) is 4.39 Å². The molecule has 4 heteroatoms. The third kappa shape index (κ3) is 1.93. The highest BCUT2D eigenvalue weighted by molar-refractivity contribution is 5.77. The summed E-state index contributed by atoms with van der Waals surface area (Å²) in [5.74, 6) is -1.33. The molecule has 0 aliphatic heterocycles. The fraction of sp³-hybridized carbons (Fsp3) is 0.462. The highest BCUT2D eigenvalue weighted by atomic mass is 19.1. The number of aliphatic carboxylic acids is 1. The molecule has 0 heterocycles. The molecule has 0 aromatic heterocycles. The number of carboxylic acids is 1. The van der Waals surface area contributed by atoms with Gasteiger partial charge in [-0.15, -0.1) is 0 Å². The third-order valence-electron chi connectivity index (χ3n) is 3.85. The Hall–Kier alpha value is -1.42. The molecule has 17 heavy (non-hydrogen) atoms. The van der Waals surface area contributed by atoms with E-state index in [1.165, 1.54) is 12.1 Å². The van der Waals surface area contributed by atoms with Crippen molar-refractivity contribution in [1.29, 1.82) is 0 Å². The lowest BCUT2D eigenvalue weighted by molar-refractivity contribution is -0.156. The summed E-state index contributed by atoms with van der Waals surface area (Å²) in [4.78, 5) is 11.4. The summed E-state index contributed by atoms with van der Waals surface area (Å²) in [6.07, 6.45) is 2.23. The number of hydrogen-bond acceptors (Lipinski definition) is 2. The maximum Gasteiger partial charge on any atom is 0.310 e. The molecule has 3 nitrogen and oxygen atoms in total. The van der Waals surface area contributed by atoms with Gasteiger partial charge in [-0.05, 0) is 30.5 Å². The Bertz CT molecular complexity index is 412. The summed E-state index contributed by atoms with van der Waals surface area (Å²) in [5, 5.41) is 9.37. The van der Waals surface area contributed by atoms with Crippen LogP contribution in [0.15, 0.2) is 24.3 Å². The molecule has 0 radical (unpaired) electrons. The predicted molar refractivity (Wildman–Crippen MR) is 62.1 cm³/mol. The van der Waals surface area contributed by atoms with Crippen LogP contribution in [0, 0.1) is 11.2 Å². The van der Waals surface area contributed by atoms with Crippen LogP contribution in [0.3, 0.4) is 0 Å². The van der Waals surface area contributed by atoms with Crippen LogP contribution in [0.2, 0.25) is 0 Å². The molecule has 92 valence electrons. The molecule has 0 bridgehead atoms. The molecule has 0 amide bonds. The van der Waals surface area contributed by atoms with Gasteiger partial charge < -0.3 is 10.8 Å². The molecule has 1 aliphatic rings. The predicted octanol–water partition coefficient (Wildman–Crippen LogP) is 2.12. The van der Waals surface area contributed by atoms with Gasteiger partial charge in [0.1, 0.15) is 5.82 Å². The lowest BCUT2D eigenvalue weighted by Gasteiger charge is -2.44. The normalized spacial score (nSPS) is 19.4. The molecule has 1 fully saturated rings. The van der Waals surface area contributed by atoms with Gasteiger partial charge >= 0.3 is 5.97 Å². The Morgan fingerprint density at radius 2 is 2.00 bits per heavy atom. The van der Waals surface area contributed by atoms with Crippen molar-refractivity contribution >= 4 is 5.97 Å². The summed E-state index contributed by atoms with van der Waals surface area (Å²) in [6, 6.07) is 5.98. The lowest BCUT2D eigenvalue weighted by Crippen LogP contribution is -2.45. The molecule has 1 aromatic carbocycles. The Labute approximate surface area is 99.4 Å². The average Bonchev–Trinajstić information content (AvgIpc) is 2.24. The maximum absolute atomic E-state index is 12.9. The summed E-state index contributed by atoms with van der Waals surface area (Å²) in [7, 11) is 0. The fourth-order valence-corrected chi connectivity index (χ4v) is 2.64. The van der Waals surface area contributed by atoms with E-state index in [1.807, 2.05) is 0 Å². The number of hydrogen-bond donors (Lipinski definition) is 2. The lowest BCUT2D eigenvalue weighted by atomic mass is 9.59. The Morgan fingerprint density at radius 1 is 1.41 bits per heavy atom. The van der Waals surface area contributed by atoms with Crippen LogP contribution in [-0.2, 0) is 4.79 Å². The van der Waals surface area contributed by atoms with E-state index in [1.54, 1.807) is 12.1 Å². The topological polar surface area (TPSA) is 63.3 Å². The second-order valence-electron chi connectivity index (χ2n) is 4.65. The Balaban J connectivity index is 2.32. The first kappa shape index (κ1) is 12.0. The van der Waals surface area contributed by atoms with Crippen LogP contribution < -0.4 is 5.73 Å². The number of halogens is 1. The number of nitrogens with two attached hydrogens (primary N) is 1. The van der Waals surface area contributed by atoms with Crippen LogP contribution in [0.1, 0.15) is 30.7 Å². The zero-order valence-corrected chi connectivity index (χ0v) is 9.53. The molecular weight excluding hydrogens is 221 g/mol. The quantitative estimate of drug-likeness (QED) is 0.843. The smallest absolute Gasteiger partial charge is 0.310 e. The largest absolute Gasteiger partial charge is 0.481 e. The van der Waals surface area contributed by atoms with Crippen LogP contribution in [-0.4, -0.2) is 17.6 Å². The van der Waals surface area contributed by atoms with Crippen molar-refractivity contribution in [3.05, 3.63) is 35.6 Å². The van der Waals surface area contributed by atoms with Gasteiger partial charge in [0.2, 0.25) is 0 Å². The minimum atomic E-state index is -0.788. The van der Waals surface area contributed by atoms with Crippen LogP contribution in [0.5, 0.6) is 0 Å². The SMILES string of the molecule is NCC(c1ccc(F)cc1)C1(C(=O)O)CCC1. The van der Waals surface area contributed by atoms with Crippen LogP contribution >= 0.6 is 0 Å². The Kier molecular flexibility index (Phi) is 3.15. The van der Waals surface area contributed by atoms with Gasteiger partial charge in [0.05, 0.1) is 5.41 Å². The average molecular weight is 237 g/mol. The Morgan fingerprint density at radius 3 is 2.35 bits per heavy atom. The third-order valence-corrected chi connectivity index (χ3v) is 3.85. The zero-order chi connectivity index (χ0) is 12.5. The fourth-order valence-electron chi connectivity index (χ4n) is 2.64. The molecule has 1 atom stereocenters. The molecule has 0 spiro atoms. The molecule has 1 saturated carbocycles. The van der Waals surface area contributed by atoms with E-state index in [4.69, 9.17) is 5.73 Å². The van der Waals surface area contributed by atoms with Crippen molar-refractivity contribution in [2.45, 2.75) is 25.2 Å². The number of carbonyl (C=O) groups is 1. The number of benzene rings is 1. The van der Waals surface area contributed by atoms with Gasteiger partial charge in [0, 0.05) is 12.5 Å². The van der Waals surface area contributed by atoms with Crippen LogP contribution in [0.25, 0.3) is 0 Å². The second kappa shape index (κ2) is 4.45. The molecule has 3 N–H and O–H groups in total. The summed E-state index contributed by atoms with van der Waals surface area (Å²) >= 11 is 0. The van der Waals surface area contributed by atoms with E-state index in [-0.39, 0.29) is 18.3 Å². The van der Waals surface area contributed by atoms with Gasteiger partial charge in [0.25, 0.3) is 0 Å². The minimum Gasteiger partial charge on any atom is -0.481 e. The van der Waals surface area contributed by atoms with Crippen molar-refractivity contribution in [2.24, 2.45) is 11.1 Å². The van der Waals surface area contributed by atoms with E-state index in [0.29, 0.717) is 12.8 Å². The second-order valence-corrected chi connectivity index (χ2v) is 4.65. The molecule has 1 aromatic rings. The summed E-state index contributed by atoms with van der Waals surface area (Å²) in [6.45, 7) is 0.276. The number of rotatable bonds is 4. The van der Waals surface area contributed by atoms with Gasteiger partial charge in [-0.2, -0.15) is 0 Å². The van der Waals surface area contributed by atoms with Gasteiger partial charge in [-0.3, -0.25) is 4.79 Å². The minimum absolute atomic E-state index is 0.227. The van der Waals surface area contributed by atoms with E-state index < -0.39 is 11.4 Å². The van der Waals surface area contributed by atoms with Crippen molar-refractivity contribution in [3.63, 3.8) is 0 Å². The summed E-state index contributed by atoms with van der Waals surface area (Å²) < 4.78 is 12.9. The van der Waals surface area contributed by atoms with Crippen molar-refractivity contribution in [1.82, 2.24) is 0 Å². The number of carboxylic acid groups (broad SMARTS) is 1. The molecule has 0 saturated heterocycles. The zero-order valence-electron chi connectivity index (χ0n) is 9.53. The van der Waals surface area contributed by atoms with Gasteiger partial charge in [0.15, 0.2) is 0 Å². The highest BCUT2D eigenvalue weighted by Gasteiger charge is 2.50. The monoisotopic (exact) mass is 237 g/mol. The van der Waals surface area contributed by atoms with Gasteiger partial charge in [-0.1, -0.05) is 18.6 Å². The van der Waals surface area contributed by atoms with Crippen molar-refractivity contribution < 1.29 is 14.3 Å². The highest BCUT2D eigenvalue weighted by Crippen LogP contribution is 2.51. The molecule has 1 aliphatic carbocycles. The van der Waals surface area contributed by atoms with Crippen molar-refractivity contribution in [2.75, 3.05) is 6.54 Å². The van der Waals surface area contributed by atoms with Crippen molar-refractivity contribution in [3.8, 4) is 0 Å². The van der Waals surface area contributed by atoms with Crippen LogP contribution in [0.4, 0.5) is 4.39 Å². The van der Waals surface area contributed by atoms with E-state index in [9.17, 15) is 14.3 Å². The standard InChI is InChI=1S/C13H16FNO2/c14-10-4-2-9(3-5-10)11(8-15)13(12(16)17)6-1-7-13/h2-5,11H,1,6-8,15H2,(H,16,17). The molecule has 1 unspecified atom stereocenters. The first-order chi connectivity index (χ1) is 8.10.